The van der Waals surface area contributed by atoms with Gasteiger partial charge in [-0.1, -0.05) is 32.6 Å². The van der Waals surface area contributed by atoms with E-state index in [4.69, 9.17) is 0 Å². The van der Waals surface area contributed by atoms with Gasteiger partial charge in [-0.2, -0.15) is 0 Å². The number of hydrogen-bond acceptors (Lipinski definition) is 2. The van der Waals surface area contributed by atoms with E-state index in [1.165, 1.54) is 58.0 Å². The fourth-order valence-corrected chi connectivity index (χ4v) is 2.52. The van der Waals surface area contributed by atoms with Crippen molar-refractivity contribution in [3.8, 4) is 0 Å². The summed E-state index contributed by atoms with van der Waals surface area (Å²) in [6, 6.07) is 1.49. The topological polar surface area (TPSA) is 15.3 Å². The maximum Gasteiger partial charge on any atom is 0.0195 e. The van der Waals surface area contributed by atoms with Crippen molar-refractivity contribution in [3.05, 3.63) is 0 Å². The second kappa shape index (κ2) is 8.08. The first-order chi connectivity index (χ1) is 7.74. The highest BCUT2D eigenvalue weighted by Crippen LogP contribution is 2.12. The van der Waals surface area contributed by atoms with Crippen molar-refractivity contribution < 1.29 is 0 Å². The Morgan fingerprint density at radius 3 is 2.75 bits per heavy atom. The number of likely N-dealkylation sites (N-methyl/N-ethyl adjacent to an activating group) is 1. The maximum absolute atomic E-state index is 3.63. The molecule has 1 saturated heterocycles. The molecule has 0 spiro atoms. The molecule has 0 saturated carbocycles. The zero-order chi connectivity index (χ0) is 11.8. The van der Waals surface area contributed by atoms with Gasteiger partial charge in [0.2, 0.25) is 0 Å². The van der Waals surface area contributed by atoms with Gasteiger partial charge in [-0.15, -0.1) is 0 Å². The molecule has 1 fully saturated rings. The molecule has 0 aromatic carbocycles. The molecule has 96 valence electrons. The predicted octanol–water partition coefficient (Wildman–Crippen LogP) is 3.03. The molecule has 1 rings (SSSR count). The largest absolute Gasteiger partial charge is 0.313 e. The first-order valence-corrected chi connectivity index (χ1v) is 7.17. The van der Waals surface area contributed by atoms with E-state index in [0.29, 0.717) is 0 Å². The molecule has 2 nitrogen and oxygen atoms in total. The van der Waals surface area contributed by atoms with Gasteiger partial charge >= 0.3 is 0 Å². The summed E-state index contributed by atoms with van der Waals surface area (Å²) in [5, 5.41) is 3.63. The summed E-state index contributed by atoms with van der Waals surface area (Å²) in [7, 11) is 2.28. The smallest absolute Gasteiger partial charge is 0.0195 e. The fraction of sp³-hybridized carbons (Fsp3) is 1.00. The third-order valence-corrected chi connectivity index (χ3v) is 3.90. The fourth-order valence-electron chi connectivity index (χ4n) is 2.52. The maximum atomic E-state index is 3.63. The van der Waals surface area contributed by atoms with Crippen LogP contribution in [0.4, 0.5) is 0 Å². The van der Waals surface area contributed by atoms with Gasteiger partial charge in [0.1, 0.15) is 0 Å². The Morgan fingerprint density at radius 2 is 2.12 bits per heavy atom. The minimum absolute atomic E-state index is 0.743. The molecule has 2 unspecified atom stereocenters. The highest BCUT2D eigenvalue weighted by Gasteiger charge is 2.17. The van der Waals surface area contributed by atoms with E-state index < -0.39 is 0 Å². The molecule has 16 heavy (non-hydrogen) atoms. The lowest BCUT2D eigenvalue weighted by Gasteiger charge is -2.31. The van der Waals surface area contributed by atoms with Crippen LogP contribution in [0.25, 0.3) is 0 Å². The van der Waals surface area contributed by atoms with Crippen LogP contribution >= 0.6 is 0 Å². The summed E-state index contributed by atoms with van der Waals surface area (Å²) < 4.78 is 0. The number of nitrogens with zero attached hydrogens (tertiary/aromatic N) is 1. The van der Waals surface area contributed by atoms with E-state index in [0.717, 1.165) is 12.1 Å². The molecule has 1 aliphatic rings. The van der Waals surface area contributed by atoms with Crippen molar-refractivity contribution in [2.24, 2.45) is 0 Å². The van der Waals surface area contributed by atoms with Gasteiger partial charge < -0.3 is 10.2 Å². The number of piperidine rings is 1. The van der Waals surface area contributed by atoms with E-state index in [2.05, 4.69) is 31.1 Å². The Balaban J connectivity index is 2.14. The molecule has 0 amide bonds. The average molecular weight is 226 g/mol. The summed E-state index contributed by atoms with van der Waals surface area (Å²) >= 11 is 0. The van der Waals surface area contributed by atoms with Crippen LogP contribution in [0.1, 0.15) is 58.8 Å². The lowest BCUT2D eigenvalue weighted by molar-refractivity contribution is 0.202. The molecule has 0 radical (unpaired) electrons. The summed E-state index contributed by atoms with van der Waals surface area (Å²) in [6.07, 6.45) is 9.62. The van der Waals surface area contributed by atoms with E-state index in [-0.39, 0.29) is 0 Å². The second-order valence-electron chi connectivity index (χ2n) is 5.43. The van der Waals surface area contributed by atoms with Crippen LogP contribution in [0, 0.1) is 0 Å². The van der Waals surface area contributed by atoms with Crippen molar-refractivity contribution in [1.29, 1.82) is 0 Å². The van der Waals surface area contributed by atoms with Gasteiger partial charge in [0.15, 0.2) is 0 Å². The average Bonchev–Trinajstić information content (AvgIpc) is 2.30. The Bertz CT molecular complexity index is 164. The third-order valence-electron chi connectivity index (χ3n) is 3.90. The minimum atomic E-state index is 0.743. The molecule has 1 heterocycles. The predicted molar refractivity (Wildman–Crippen MR) is 71.9 cm³/mol. The first-order valence-electron chi connectivity index (χ1n) is 7.17. The van der Waals surface area contributed by atoms with E-state index in [1.54, 1.807) is 0 Å². The van der Waals surface area contributed by atoms with Crippen molar-refractivity contribution >= 4 is 0 Å². The van der Waals surface area contributed by atoms with Crippen LogP contribution in [0.2, 0.25) is 0 Å². The normalized spacial score (nSPS) is 23.6. The highest BCUT2D eigenvalue weighted by atomic mass is 15.1. The zero-order valence-corrected chi connectivity index (χ0v) is 11.5. The lowest BCUT2D eigenvalue weighted by Crippen LogP contribution is -2.44. The second-order valence-corrected chi connectivity index (χ2v) is 5.43. The zero-order valence-electron chi connectivity index (χ0n) is 11.5. The van der Waals surface area contributed by atoms with Crippen LogP contribution in [-0.2, 0) is 0 Å². The minimum Gasteiger partial charge on any atom is -0.313 e. The molecule has 0 aromatic heterocycles. The van der Waals surface area contributed by atoms with Crippen molar-refractivity contribution in [2.45, 2.75) is 70.9 Å². The van der Waals surface area contributed by atoms with Crippen molar-refractivity contribution in [2.75, 3.05) is 20.1 Å². The van der Waals surface area contributed by atoms with Gasteiger partial charge in [-0.25, -0.2) is 0 Å². The van der Waals surface area contributed by atoms with E-state index in [1.807, 2.05) is 0 Å². The molecule has 2 heteroatoms. The van der Waals surface area contributed by atoms with E-state index >= 15 is 0 Å². The van der Waals surface area contributed by atoms with Crippen LogP contribution < -0.4 is 5.32 Å². The van der Waals surface area contributed by atoms with Gasteiger partial charge in [0.25, 0.3) is 0 Å². The molecule has 0 aromatic rings. The molecule has 1 N–H and O–H groups in total. The van der Waals surface area contributed by atoms with E-state index in [9.17, 15) is 0 Å². The lowest BCUT2D eigenvalue weighted by atomic mass is 10.0. The number of rotatable bonds is 7. The molecule has 2 atom stereocenters. The SMILES string of the molecule is CCCCCC(C)N(C)CC1CCCCN1. The standard InChI is InChI=1S/C14H30N2/c1-4-5-6-9-13(2)16(3)12-14-10-7-8-11-15-14/h13-15H,4-12H2,1-3H3. The molecular formula is C14H30N2. The highest BCUT2D eigenvalue weighted by molar-refractivity contribution is 4.77. The molecule has 1 aliphatic heterocycles. The summed E-state index contributed by atoms with van der Waals surface area (Å²) in [4.78, 5) is 2.54. The molecular weight excluding hydrogens is 196 g/mol. The third kappa shape index (κ3) is 5.31. The number of unbranched alkanes of at least 4 members (excludes halogenated alkanes) is 2. The number of nitrogens with one attached hydrogen (secondary N) is 1. The first kappa shape index (κ1) is 14.0. The van der Waals surface area contributed by atoms with Crippen LogP contribution in [-0.4, -0.2) is 37.1 Å². The number of hydrogen-bond donors (Lipinski definition) is 1. The van der Waals surface area contributed by atoms with Crippen molar-refractivity contribution in [1.82, 2.24) is 10.2 Å². The Kier molecular flexibility index (Phi) is 7.06. The van der Waals surface area contributed by atoms with Crippen LogP contribution in [0.3, 0.4) is 0 Å². The summed E-state index contributed by atoms with van der Waals surface area (Å²) in [6.45, 7) is 7.11. The van der Waals surface area contributed by atoms with Gasteiger partial charge in [0.05, 0.1) is 0 Å². The Morgan fingerprint density at radius 1 is 1.31 bits per heavy atom. The summed E-state index contributed by atoms with van der Waals surface area (Å²) in [5.41, 5.74) is 0. The van der Waals surface area contributed by atoms with Gasteiger partial charge in [-0.05, 0) is 39.8 Å². The quantitative estimate of drug-likeness (QED) is 0.671. The molecule has 0 bridgehead atoms. The Labute approximate surface area is 102 Å². The van der Waals surface area contributed by atoms with Crippen LogP contribution in [0.15, 0.2) is 0 Å². The Hall–Kier alpha value is -0.0800. The van der Waals surface area contributed by atoms with Crippen LogP contribution in [0.5, 0.6) is 0 Å². The summed E-state index contributed by atoms with van der Waals surface area (Å²) in [5.74, 6) is 0. The molecule has 0 aliphatic carbocycles. The van der Waals surface area contributed by atoms with Gasteiger partial charge in [-0.3, -0.25) is 0 Å². The van der Waals surface area contributed by atoms with Gasteiger partial charge in [0, 0.05) is 18.6 Å². The van der Waals surface area contributed by atoms with Crippen molar-refractivity contribution in [3.63, 3.8) is 0 Å². The monoisotopic (exact) mass is 226 g/mol.